The highest BCUT2D eigenvalue weighted by Gasteiger charge is 2.78. The molecule has 60 heavy (non-hydrogen) atoms. The highest BCUT2D eigenvalue weighted by molar-refractivity contribution is 5.96. The predicted octanol–water partition coefficient (Wildman–Crippen LogP) is 2.37. The SMILES string of the molecule is C[C@H](O)[C@@H](NC(=O)[C@@]12C[C@H]3OC(=O)[C@@H]1N(Cc1cccc(C=CC(=O)OCC(F)(F)F)c1)O[C@@H]2[C@H]1OC(C2CC2)(C2CC2)O[C@H]13)C(=O)N[C@H](CO)CCC(=O)OC(C)(C)C. The monoisotopic (exact) mass is 851 g/mol. The Hall–Kier alpha value is -4.14. The van der Waals surface area contributed by atoms with E-state index in [-0.39, 0.29) is 37.6 Å². The first-order valence-corrected chi connectivity index (χ1v) is 20.3. The van der Waals surface area contributed by atoms with Crippen LogP contribution in [-0.2, 0) is 59.0 Å². The van der Waals surface area contributed by atoms with Crippen molar-refractivity contribution >= 4 is 35.8 Å². The van der Waals surface area contributed by atoms with Crippen molar-refractivity contribution in [3.05, 3.63) is 41.5 Å². The number of rotatable bonds is 16. The van der Waals surface area contributed by atoms with Crippen LogP contribution in [0, 0.1) is 17.3 Å². The maximum absolute atomic E-state index is 15.0. The average Bonchev–Trinajstić information content (AvgIpc) is 4.11. The minimum Gasteiger partial charge on any atom is -0.460 e. The Morgan fingerprint density at radius 1 is 1.05 bits per heavy atom. The second-order valence-electron chi connectivity index (χ2n) is 17.7. The van der Waals surface area contributed by atoms with Crippen LogP contribution in [0.25, 0.3) is 6.08 Å². The van der Waals surface area contributed by atoms with Crippen LogP contribution < -0.4 is 10.6 Å². The molecule has 2 bridgehead atoms. The number of ether oxygens (including phenoxy) is 5. The fourth-order valence-corrected chi connectivity index (χ4v) is 8.87. The molecule has 0 aromatic heterocycles. The largest absolute Gasteiger partial charge is 0.460 e. The summed E-state index contributed by atoms with van der Waals surface area (Å²) in [7, 11) is 0. The maximum Gasteiger partial charge on any atom is 0.422 e. The van der Waals surface area contributed by atoms with Crippen molar-refractivity contribution in [1.82, 2.24) is 15.7 Å². The van der Waals surface area contributed by atoms with Crippen molar-refractivity contribution < 1.29 is 75.9 Å². The lowest BCUT2D eigenvalue weighted by Crippen LogP contribution is -2.71. The number of hydrogen-bond acceptors (Lipinski definition) is 14. The number of fused-ring (bicyclic) bond motifs is 4. The molecule has 2 amide bonds. The maximum atomic E-state index is 15.0. The predicted molar refractivity (Wildman–Crippen MR) is 199 cm³/mol. The van der Waals surface area contributed by atoms with Gasteiger partial charge in [0.2, 0.25) is 11.8 Å². The van der Waals surface area contributed by atoms with Crippen LogP contribution in [0.3, 0.4) is 0 Å². The molecule has 16 nitrogen and oxygen atoms in total. The number of aliphatic hydroxyl groups excluding tert-OH is 2. The molecule has 9 atom stereocenters. The molecule has 0 unspecified atom stereocenters. The standard InChI is InChI=1S/C41H52F3N3O13/c1-21(49)30(35(52)45-26(19-48)13-15-29(51)57-38(2,3)4)46-37(54)39-17-27-31-32(59-41(58-31,24-9-10-24)25-11-12-25)34(39)60-47(33(39)36(53)56-27)18-23-7-5-6-22(16-23)8-14-28(50)55-20-40(42,43)44/h5-8,14,16,21,24-27,30-34,48-49H,9-13,15,17-20H2,1-4H3,(H,45,52)(H,46,54)/t21-,26-,27+,30+,31-,32-,33-,34+,39-/m0/s1. The van der Waals surface area contributed by atoms with E-state index in [0.29, 0.717) is 11.1 Å². The molecule has 1 aromatic rings. The second kappa shape index (κ2) is 16.6. The fourth-order valence-electron chi connectivity index (χ4n) is 8.87. The van der Waals surface area contributed by atoms with Crippen molar-refractivity contribution in [1.29, 1.82) is 0 Å². The summed E-state index contributed by atoms with van der Waals surface area (Å²) in [5.74, 6) is -4.87. The van der Waals surface area contributed by atoms with Gasteiger partial charge < -0.3 is 44.5 Å². The van der Waals surface area contributed by atoms with Crippen LogP contribution in [0.4, 0.5) is 13.2 Å². The Morgan fingerprint density at radius 2 is 1.73 bits per heavy atom. The molecule has 6 aliphatic rings. The van der Waals surface area contributed by atoms with Gasteiger partial charge in [0.05, 0.1) is 25.3 Å². The summed E-state index contributed by atoms with van der Waals surface area (Å²) in [4.78, 5) is 73.8. The van der Waals surface area contributed by atoms with Gasteiger partial charge in [0.15, 0.2) is 18.4 Å². The van der Waals surface area contributed by atoms with E-state index in [1.54, 1.807) is 45.0 Å². The Kier molecular flexibility index (Phi) is 12.2. The molecule has 3 aliphatic carbocycles. The number of nitrogens with zero attached hydrogens (tertiary/aromatic N) is 1. The number of benzene rings is 1. The number of amides is 2. The molecular weight excluding hydrogens is 799 g/mol. The summed E-state index contributed by atoms with van der Waals surface area (Å²) in [6.07, 6.45) is -4.36. The smallest absolute Gasteiger partial charge is 0.422 e. The number of alkyl halides is 3. The molecule has 3 aliphatic heterocycles. The lowest BCUT2D eigenvalue weighted by Gasteiger charge is -2.49. The van der Waals surface area contributed by atoms with Gasteiger partial charge in [0, 0.05) is 30.8 Å². The Balaban J connectivity index is 1.14. The van der Waals surface area contributed by atoms with Gasteiger partial charge in [-0.1, -0.05) is 24.3 Å². The summed E-state index contributed by atoms with van der Waals surface area (Å²) in [5.41, 5.74) is -1.53. The van der Waals surface area contributed by atoms with E-state index < -0.39 is 115 Å². The van der Waals surface area contributed by atoms with E-state index in [1.807, 2.05) is 0 Å². The number of hydrogen-bond donors (Lipinski definition) is 4. The number of esters is 3. The van der Waals surface area contributed by atoms with Crippen molar-refractivity contribution in [2.75, 3.05) is 13.2 Å². The first kappa shape index (κ1) is 43.9. The van der Waals surface area contributed by atoms with Gasteiger partial charge in [0.1, 0.15) is 41.5 Å². The number of aliphatic hydroxyl groups is 2. The Bertz CT molecular complexity index is 1850. The molecule has 7 rings (SSSR count). The highest BCUT2D eigenvalue weighted by atomic mass is 19.4. The molecule has 4 N–H and O–H groups in total. The van der Waals surface area contributed by atoms with Crippen LogP contribution in [0.5, 0.6) is 0 Å². The second-order valence-corrected chi connectivity index (χ2v) is 17.7. The third kappa shape index (κ3) is 9.21. The number of nitrogens with one attached hydrogen (secondary N) is 2. The summed E-state index contributed by atoms with van der Waals surface area (Å²) in [6, 6.07) is 2.63. The molecule has 19 heteroatoms. The molecule has 0 radical (unpaired) electrons. The van der Waals surface area contributed by atoms with E-state index >= 15 is 0 Å². The van der Waals surface area contributed by atoms with Gasteiger partial charge >= 0.3 is 24.1 Å². The van der Waals surface area contributed by atoms with Gasteiger partial charge in [-0.25, -0.2) is 4.79 Å². The summed E-state index contributed by atoms with van der Waals surface area (Å²) < 4.78 is 66.8. The normalized spacial score (nSPS) is 29.9. The molecule has 3 saturated carbocycles. The molecule has 330 valence electrons. The number of hydroxylamine groups is 2. The molecular formula is C41H52F3N3O13. The molecule has 3 saturated heterocycles. The van der Waals surface area contributed by atoms with Crippen molar-refractivity contribution in [2.45, 2.75) is 145 Å². The van der Waals surface area contributed by atoms with E-state index in [4.69, 9.17) is 23.8 Å². The van der Waals surface area contributed by atoms with Crippen LogP contribution in [-0.4, -0.2) is 124 Å². The highest BCUT2D eigenvalue weighted by Crippen LogP contribution is 2.63. The van der Waals surface area contributed by atoms with Crippen molar-refractivity contribution in [2.24, 2.45) is 17.3 Å². The quantitative estimate of drug-likeness (QED) is 0.107. The topological polar surface area (TPSA) is 208 Å². The Labute approximate surface area is 344 Å². The van der Waals surface area contributed by atoms with Gasteiger partial charge in [-0.3, -0.25) is 24.0 Å². The zero-order chi connectivity index (χ0) is 43.4. The first-order chi connectivity index (χ1) is 28.2. The fraction of sp³-hybridized carbons (Fsp3) is 0.683. The molecule has 0 spiro atoms. The van der Waals surface area contributed by atoms with E-state index in [9.17, 15) is 47.4 Å². The Morgan fingerprint density at radius 3 is 2.35 bits per heavy atom. The van der Waals surface area contributed by atoms with E-state index in [0.717, 1.165) is 31.8 Å². The number of halogens is 3. The molecule has 3 heterocycles. The lowest BCUT2D eigenvalue weighted by molar-refractivity contribution is -0.235. The average molecular weight is 852 g/mol. The molecule has 1 aromatic carbocycles. The zero-order valence-electron chi connectivity index (χ0n) is 33.8. The third-order valence-corrected chi connectivity index (χ3v) is 11.7. The minimum atomic E-state index is -4.69. The van der Waals surface area contributed by atoms with Gasteiger partial charge in [0.25, 0.3) is 0 Å². The number of carbonyl (C=O) groups excluding carboxylic acids is 5. The minimum absolute atomic E-state index is 0.00527. The lowest BCUT2D eigenvalue weighted by atomic mass is 9.62. The van der Waals surface area contributed by atoms with Crippen LogP contribution in [0.1, 0.15) is 83.8 Å². The van der Waals surface area contributed by atoms with Gasteiger partial charge in [-0.2, -0.15) is 18.2 Å². The van der Waals surface area contributed by atoms with Crippen LogP contribution >= 0.6 is 0 Å². The van der Waals surface area contributed by atoms with Crippen LogP contribution in [0.15, 0.2) is 30.3 Å². The van der Waals surface area contributed by atoms with E-state index in [1.165, 1.54) is 18.1 Å². The molecule has 6 fully saturated rings. The van der Waals surface area contributed by atoms with Crippen molar-refractivity contribution in [3.8, 4) is 0 Å². The van der Waals surface area contributed by atoms with Gasteiger partial charge in [-0.15, -0.1) is 0 Å². The first-order valence-electron chi connectivity index (χ1n) is 20.3. The van der Waals surface area contributed by atoms with E-state index in [2.05, 4.69) is 15.4 Å². The third-order valence-electron chi connectivity index (χ3n) is 11.7. The van der Waals surface area contributed by atoms with Crippen LogP contribution in [0.2, 0.25) is 0 Å². The summed E-state index contributed by atoms with van der Waals surface area (Å²) in [6.45, 7) is 4.02. The number of carbonyl (C=O) groups is 5. The van der Waals surface area contributed by atoms with Gasteiger partial charge in [-0.05, 0) is 77.0 Å². The summed E-state index contributed by atoms with van der Waals surface area (Å²) >= 11 is 0. The van der Waals surface area contributed by atoms with Crippen molar-refractivity contribution in [3.63, 3.8) is 0 Å². The summed E-state index contributed by atoms with van der Waals surface area (Å²) in [5, 5.41) is 27.5. The zero-order valence-corrected chi connectivity index (χ0v) is 33.8.